The molecule has 0 aliphatic rings. The van der Waals surface area contributed by atoms with Gasteiger partial charge in [-0.1, -0.05) is 38.1 Å². The fraction of sp³-hybridized carbons (Fsp3) is 0.385. The first kappa shape index (κ1) is 10.8. The Morgan fingerprint density at radius 3 is 2.71 bits per heavy atom. The number of ether oxygens (including phenoxy) is 1. The lowest BCUT2D eigenvalue weighted by atomic mass is 10.1. The summed E-state index contributed by atoms with van der Waals surface area (Å²) < 4.78 is 5.62. The van der Waals surface area contributed by atoms with Crippen LogP contribution in [0.3, 0.4) is 0 Å². The van der Waals surface area contributed by atoms with Crippen molar-refractivity contribution in [2.75, 3.05) is 6.61 Å². The van der Waals surface area contributed by atoms with Gasteiger partial charge in [0.05, 0.1) is 6.61 Å². The first-order valence-corrected chi connectivity index (χ1v) is 4.98. The van der Waals surface area contributed by atoms with Crippen LogP contribution in [0.5, 0.6) is 5.75 Å². The van der Waals surface area contributed by atoms with Gasteiger partial charge in [0.1, 0.15) is 5.75 Å². The second-order valence-corrected chi connectivity index (χ2v) is 4.01. The van der Waals surface area contributed by atoms with Gasteiger partial charge in [-0.25, -0.2) is 0 Å². The molecule has 0 heterocycles. The highest BCUT2D eigenvalue weighted by Gasteiger charge is 1.98. The van der Waals surface area contributed by atoms with Crippen LogP contribution in [0.4, 0.5) is 0 Å². The van der Waals surface area contributed by atoms with E-state index in [0.29, 0.717) is 5.92 Å². The van der Waals surface area contributed by atoms with Crippen molar-refractivity contribution in [2.45, 2.75) is 20.8 Å². The average molecular weight is 190 g/mol. The maximum absolute atomic E-state index is 5.62. The van der Waals surface area contributed by atoms with E-state index < -0.39 is 0 Å². The predicted molar refractivity (Wildman–Crippen MR) is 61.5 cm³/mol. The van der Waals surface area contributed by atoms with Crippen LogP contribution < -0.4 is 4.74 Å². The van der Waals surface area contributed by atoms with Crippen LogP contribution in [0.1, 0.15) is 26.3 Å². The van der Waals surface area contributed by atoms with Gasteiger partial charge < -0.3 is 4.74 Å². The maximum atomic E-state index is 5.62. The Balaban J connectivity index is 2.69. The molecule has 0 fully saturated rings. The molecule has 1 nitrogen and oxygen atoms in total. The molecular formula is C13H18O. The van der Waals surface area contributed by atoms with Gasteiger partial charge in [0.15, 0.2) is 0 Å². The van der Waals surface area contributed by atoms with E-state index in [0.717, 1.165) is 23.5 Å². The van der Waals surface area contributed by atoms with Gasteiger partial charge in [0, 0.05) is 0 Å². The third-order valence-corrected chi connectivity index (χ3v) is 1.91. The van der Waals surface area contributed by atoms with Gasteiger partial charge >= 0.3 is 0 Å². The molecular weight excluding hydrogens is 172 g/mol. The summed E-state index contributed by atoms with van der Waals surface area (Å²) in [5.41, 5.74) is 2.21. The SMILES string of the molecule is C=C(C)c1cccc(OCC(C)C)c1. The van der Waals surface area contributed by atoms with E-state index in [9.17, 15) is 0 Å². The molecule has 1 aromatic rings. The third-order valence-electron chi connectivity index (χ3n) is 1.91. The number of allylic oxidation sites excluding steroid dienone is 1. The summed E-state index contributed by atoms with van der Waals surface area (Å²) in [6.45, 7) is 11.0. The van der Waals surface area contributed by atoms with Crippen LogP contribution in [-0.2, 0) is 0 Å². The first-order chi connectivity index (χ1) is 6.59. The highest BCUT2D eigenvalue weighted by molar-refractivity contribution is 5.62. The zero-order chi connectivity index (χ0) is 10.6. The highest BCUT2D eigenvalue weighted by Crippen LogP contribution is 2.18. The van der Waals surface area contributed by atoms with E-state index in [1.807, 2.05) is 31.2 Å². The van der Waals surface area contributed by atoms with Gasteiger partial charge in [-0.2, -0.15) is 0 Å². The molecule has 14 heavy (non-hydrogen) atoms. The van der Waals surface area contributed by atoms with Crippen molar-refractivity contribution in [3.8, 4) is 5.75 Å². The molecule has 1 aromatic carbocycles. The van der Waals surface area contributed by atoms with Gasteiger partial charge in [0.25, 0.3) is 0 Å². The number of benzene rings is 1. The van der Waals surface area contributed by atoms with Crippen LogP contribution >= 0.6 is 0 Å². The molecule has 0 aromatic heterocycles. The van der Waals surface area contributed by atoms with E-state index in [-0.39, 0.29) is 0 Å². The third kappa shape index (κ3) is 3.25. The quantitative estimate of drug-likeness (QED) is 0.702. The van der Waals surface area contributed by atoms with E-state index in [2.05, 4.69) is 20.4 Å². The van der Waals surface area contributed by atoms with E-state index in [4.69, 9.17) is 4.74 Å². The van der Waals surface area contributed by atoms with Crippen molar-refractivity contribution >= 4 is 5.57 Å². The first-order valence-electron chi connectivity index (χ1n) is 4.98. The molecule has 0 amide bonds. The van der Waals surface area contributed by atoms with Crippen molar-refractivity contribution in [3.05, 3.63) is 36.4 Å². The lowest BCUT2D eigenvalue weighted by Gasteiger charge is -2.09. The van der Waals surface area contributed by atoms with E-state index in [1.165, 1.54) is 0 Å². The molecule has 1 heteroatoms. The molecule has 0 saturated carbocycles. The Kier molecular flexibility index (Phi) is 3.75. The second-order valence-electron chi connectivity index (χ2n) is 4.01. The largest absolute Gasteiger partial charge is 0.493 e. The summed E-state index contributed by atoms with van der Waals surface area (Å²) in [6, 6.07) is 8.06. The van der Waals surface area contributed by atoms with Gasteiger partial charge in [0.2, 0.25) is 0 Å². The summed E-state index contributed by atoms with van der Waals surface area (Å²) in [6.07, 6.45) is 0. The smallest absolute Gasteiger partial charge is 0.119 e. The Morgan fingerprint density at radius 2 is 2.14 bits per heavy atom. The molecule has 0 saturated heterocycles. The van der Waals surface area contributed by atoms with E-state index in [1.54, 1.807) is 0 Å². The zero-order valence-electron chi connectivity index (χ0n) is 9.21. The second kappa shape index (κ2) is 4.85. The normalized spacial score (nSPS) is 10.3. The minimum Gasteiger partial charge on any atom is -0.493 e. The minimum absolute atomic E-state index is 0.559. The Morgan fingerprint density at radius 1 is 1.43 bits per heavy atom. The lowest BCUT2D eigenvalue weighted by molar-refractivity contribution is 0.271. The molecule has 1 rings (SSSR count). The summed E-state index contributed by atoms with van der Waals surface area (Å²) in [5.74, 6) is 1.49. The Hall–Kier alpha value is -1.24. The summed E-state index contributed by atoms with van der Waals surface area (Å²) in [7, 11) is 0. The van der Waals surface area contributed by atoms with Gasteiger partial charge in [-0.05, 0) is 30.5 Å². The summed E-state index contributed by atoms with van der Waals surface area (Å²) >= 11 is 0. The fourth-order valence-corrected chi connectivity index (χ4v) is 1.11. The number of hydrogen-bond donors (Lipinski definition) is 0. The van der Waals surface area contributed by atoms with Crippen molar-refractivity contribution in [2.24, 2.45) is 5.92 Å². The molecule has 0 spiro atoms. The van der Waals surface area contributed by atoms with Crippen molar-refractivity contribution < 1.29 is 4.74 Å². The lowest BCUT2D eigenvalue weighted by Crippen LogP contribution is -2.04. The topological polar surface area (TPSA) is 9.23 Å². The van der Waals surface area contributed by atoms with Crippen LogP contribution in [0.15, 0.2) is 30.8 Å². The Bertz CT molecular complexity index is 313. The van der Waals surface area contributed by atoms with Crippen molar-refractivity contribution in [3.63, 3.8) is 0 Å². The van der Waals surface area contributed by atoms with E-state index >= 15 is 0 Å². The average Bonchev–Trinajstić information content (AvgIpc) is 2.15. The highest BCUT2D eigenvalue weighted by atomic mass is 16.5. The van der Waals surface area contributed by atoms with Crippen molar-refractivity contribution in [1.29, 1.82) is 0 Å². The van der Waals surface area contributed by atoms with Crippen LogP contribution in [0, 0.1) is 5.92 Å². The van der Waals surface area contributed by atoms with Crippen LogP contribution in [0.2, 0.25) is 0 Å². The molecule has 0 atom stereocenters. The number of hydrogen-bond acceptors (Lipinski definition) is 1. The molecule has 76 valence electrons. The van der Waals surface area contributed by atoms with Crippen LogP contribution in [0.25, 0.3) is 5.57 Å². The molecule has 0 aliphatic heterocycles. The zero-order valence-corrected chi connectivity index (χ0v) is 9.21. The van der Waals surface area contributed by atoms with Crippen LogP contribution in [-0.4, -0.2) is 6.61 Å². The molecule has 0 radical (unpaired) electrons. The van der Waals surface area contributed by atoms with Gasteiger partial charge in [-0.15, -0.1) is 0 Å². The monoisotopic (exact) mass is 190 g/mol. The fourth-order valence-electron chi connectivity index (χ4n) is 1.11. The summed E-state index contributed by atoms with van der Waals surface area (Å²) in [5, 5.41) is 0. The minimum atomic E-state index is 0.559. The molecule has 0 aliphatic carbocycles. The maximum Gasteiger partial charge on any atom is 0.119 e. The molecule has 0 bridgehead atoms. The Labute approximate surface area is 86.4 Å². The molecule has 0 unspecified atom stereocenters. The molecule has 0 N–H and O–H groups in total. The standard InChI is InChI=1S/C13H18O/c1-10(2)9-14-13-7-5-6-12(8-13)11(3)4/h5-8,10H,3,9H2,1-2,4H3. The predicted octanol–water partition coefficient (Wildman–Crippen LogP) is 3.75. The summed E-state index contributed by atoms with van der Waals surface area (Å²) in [4.78, 5) is 0. The number of rotatable bonds is 4. The van der Waals surface area contributed by atoms with Gasteiger partial charge in [-0.3, -0.25) is 0 Å². The van der Waals surface area contributed by atoms with Crippen molar-refractivity contribution in [1.82, 2.24) is 0 Å².